The number of hydrogen-bond donors (Lipinski definition) is 0. The molecule has 0 aliphatic rings. The second kappa shape index (κ2) is 5.26. The monoisotopic (exact) mass is 198 g/mol. The fourth-order valence-corrected chi connectivity index (χ4v) is 1.99. The van der Waals surface area contributed by atoms with Crippen LogP contribution in [0.1, 0.15) is 27.7 Å². The van der Waals surface area contributed by atoms with Gasteiger partial charge in [-0.1, -0.05) is 27.7 Å². The van der Waals surface area contributed by atoms with Crippen molar-refractivity contribution in [3.05, 3.63) is 0 Å². The first kappa shape index (κ1) is 11.6. The highest BCUT2D eigenvalue weighted by Crippen LogP contribution is 1.95. The molecule has 0 unspecified atom stereocenters. The molecule has 0 aromatic rings. The molecule has 0 bridgehead atoms. The van der Waals surface area contributed by atoms with Crippen molar-refractivity contribution in [1.29, 1.82) is 0 Å². The van der Waals surface area contributed by atoms with Gasteiger partial charge in [-0.15, -0.1) is 0 Å². The topological polar surface area (TPSA) is 6.48 Å². The third kappa shape index (κ3) is 4.91. The SMILES string of the molecule is CC(C)N([Si])[Si]N([Si])C(C)C. The molecule has 0 fully saturated rings. The van der Waals surface area contributed by atoms with Gasteiger partial charge in [-0.2, -0.15) is 0 Å². The normalized spacial score (nSPS) is 12.5. The van der Waals surface area contributed by atoms with Crippen LogP contribution in [0.5, 0.6) is 0 Å². The lowest BCUT2D eigenvalue weighted by molar-refractivity contribution is 0.480. The second-order valence-electron chi connectivity index (χ2n) is 3.03. The smallest absolute Gasteiger partial charge is 0.235 e. The van der Waals surface area contributed by atoms with Gasteiger partial charge in [0.1, 0.15) is 20.8 Å². The molecule has 0 N–H and O–H groups in total. The molecule has 0 aromatic carbocycles. The highest BCUT2D eigenvalue weighted by atomic mass is 28.3. The van der Waals surface area contributed by atoms with Crippen molar-refractivity contribution < 1.29 is 0 Å². The summed E-state index contributed by atoms with van der Waals surface area (Å²) in [4.78, 5) is 0. The minimum absolute atomic E-state index is 0.530. The molecule has 0 amide bonds. The minimum atomic E-state index is 0.530. The zero-order valence-electron chi connectivity index (χ0n) is 7.55. The zero-order chi connectivity index (χ0) is 9.02. The largest absolute Gasteiger partial charge is 0.335 e. The molecule has 0 saturated heterocycles. The summed E-state index contributed by atoms with van der Waals surface area (Å²) in [6, 6.07) is 1.06. The third-order valence-electron chi connectivity index (χ3n) is 1.25. The van der Waals surface area contributed by atoms with Crippen LogP contribution in [-0.2, 0) is 0 Å². The van der Waals surface area contributed by atoms with Crippen molar-refractivity contribution in [3.8, 4) is 0 Å². The van der Waals surface area contributed by atoms with Crippen molar-refractivity contribution >= 4 is 30.7 Å². The van der Waals surface area contributed by atoms with E-state index in [1.165, 1.54) is 0 Å². The van der Waals surface area contributed by atoms with Gasteiger partial charge in [0, 0.05) is 0 Å². The summed E-state index contributed by atoms with van der Waals surface area (Å²) < 4.78 is 4.24. The first-order valence-corrected chi connectivity index (χ1v) is 5.51. The first-order chi connectivity index (χ1) is 4.95. The van der Waals surface area contributed by atoms with Gasteiger partial charge in [0.2, 0.25) is 9.84 Å². The van der Waals surface area contributed by atoms with Gasteiger partial charge in [0.25, 0.3) is 0 Å². The van der Waals surface area contributed by atoms with Gasteiger partial charge in [0.05, 0.1) is 0 Å². The summed E-state index contributed by atoms with van der Waals surface area (Å²) in [5, 5.41) is 0. The Hall–Kier alpha value is 0.571. The van der Waals surface area contributed by atoms with Crippen LogP contribution in [-0.4, -0.2) is 51.2 Å². The maximum absolute atomic E-state index is 3.53. The van der Waals surface area contributed by atoms with Crippen molar-refractivity contribution in [2.45, 2.75) is 39.8 Å². The van der Waals surface area contributed by atoms with E-state index in [1.54, 1.807) is 0 Å². The Balaban J connectivity index is 3.66. The van der Waals surface area contributed by atoms with Crippen LogP contribution in [0.3, 0.4) is 0 Å². The van der Waals surface area contributed by atoms with E-state index in [-0.39, 0.29) is 0 Å². The fraction of sp³-hybridized carbons (Fsp3) is 1.00. The summed E-state index contributed by atoms with van der Waals surface area (Å²) in [5.41, 5.74) is 0. The Labute approximate surface area is 79.3 Å². The van der Waals surface area contributed by atoms with E-state index in [0.29, 0.717) is 21.9 Å². The molecule has 0 saturated carbocycles. The molecule has 11 heavy (non-hydrogen) atoms. The second-order valence-corrected chi connectivity index (χ2v) is 6.05. The lowest BCUT2D eigenvalue weighted by atomic mass is 10.4. The third-order valence-corrected chi connectivity index (χ3v) is 4.34. The molecule has 5 heteroatoms. The van der Waals surface area contributed by atoms with Gasteiger partial charge in [-0.3, -0.25) is 0 Å². The summed E-state index contributed by atoms with van der Waals surface area (Å²) in [6.07, 6.45) is 0. The Morgan fingerprint density at radius 2 is 1.18 bits per heavy atom. The highest BCUT2D eigenvalue weighted by Gasteiger charge is 2.10. The van der Waals surface area contributed by atoms with Gasteiger partial charge in [-0.05, 0) is 12.1 Å². The fourth-order valence-electron chi connectivity index (χ4n) is 0.347. The lowest BCUT2D eigenvalue weighted by Crippen LogP contribution is -2.45. The Morgan fingerprint density at radius 3 is 1.36 bits per heavy atom. The van der Waals surface area contributed by atoms with E-state index >= 15 is 0 Å². The Morgan fingerprint density at radius 1 is 0.909 bits per heavy atom. The van der Waals surface area contributed by atoms with Gasteiger partial charge < -0.3 is 8.46 Å². The van der Waals surface area contributed by atoms with Gasteiger partial charge in [-0.25, -0.2) is 0 Å². The molecule has 0 aliphatic carbocycles. The van der Waals surface area contributed by atoms with Crippen LogP contribution in [0.4, 0.5) is 0 Å². The summed E-state index contributed by atoms with van der Waals surface area (Å²) in [6.45, 7) is 8.61. The Bertz CT molecular complexity index is 96.0. The molecule has 2 nitrogen and oxygen atoms in total. The number of nitrogens with zero attached hydrogens (tertiary/aromatic N) is 2. The average molecular weight is 198 g/mol. The highest BCUT2D eigenvalue weighted by molar-refractivity contribution is 6.45. The van der Waals surface area contributed by atoms with E-state index in [0.717, 1.165) is 0 Å². The van der Waals surface area contributed by atoms with E-state index in [9.17, 15) is 0 Å². The predicted octanol–water partition coefficient (Wildman–Crippen LogP) is 0.108. The van der Waals surface area contributed by atoms with Gasteiger partial charge in [0.15, 0.2) is 0 Å². The molecule has 0 atom stereocenters. The van der Waals surface area contributed by atoms with Crippen LogP contribution in [0.2, 0.25) is 0 Å². The van der Waals surface area contributed by atoms with Crippen LogP contribution in [0.25, 0.3) is 0 Å². The lowest BCUT2D eigenvalue weighted by Gasteiger charge is -2.28. The maximum atomic E-state index is 3.53. The molecule has 0 rings (SSSR count). The molecule has 60 valence electrons. The summed E-state index contributed by atoms with van der Waals surface area (Å²) in [5.74, 6) is 0. The van der Waals surface area contributed by atoms with Crippen molar-refractivity contribution in [2.24, 2.45) is 0 Å². The van der Waals surface area contributed by atoms with E-state index < -0.39 is 0 Å². The maximum Gasteiger partial charge on any atom is 0.235 e. The molecule has 0 aromatic heterocycles. The molecular formula is C6H14N2Si3. The molecule has 0 spiro atoms. The van der Waals surface area contributed by atoms with Crippen LogP contribution in [0, 0.1) is 0 Å². The van der Waals surface area contributed by atoms with Crippen LogP contribution in [0.15, 0.2) is 0 Å². The van der Waals surface area contributed by atoms with E-state index in [4.69, 9.17) is 0 Å². The molecule has 0 aliphatic heterocycles. The number of rotatable bonds is 4. The first-order valence-electron chi connectivity index (χ1n) is 3.72. The molecular weight excluding hydrogens is 184 g/mol. The van der Waals surface area contributed by atoms with Crippen molar-refractivity contribution in [2.75, 3.05) is 0 Å². The summed E-state index contributed by atoms with van der Waals surface area (Å²) in [7, 11) is 7.70. The van der Waals surface area contributed by atoms with Crippen molar-refractivity contribution in [3.63, 3.8) is 0 Å². The predicted molar refractivity (Wildman–Crippen MR) is 51.2 cm³/mol. The van der Waals surface area contributed by atoms with Crippen LogP contribution < -0.4 is 0 Å². The van der Waals surface area contributed by atoms with Gasteiger partial charge >= 0.3 is 0 Å². The standard InChI is InChI=1S/C6H14N2Si3/c1-5(2)7(9)11-8(10)6(3)4/h5-6H,1-4H3. The van der Waals surface area contributed by atoms with E-state index in [2.05, 4.69) is 57.0 Å². The Kier molecular flexibility index (Phi) is 5.53. The molecule has 8 radical (unpaired) electrons. The zero-order valence-corrected chi connectivity index (χ0v) is 10.5. The van der Waals surface area contributed by atoms with Crippen LogP contribution >= 0.6 is 0 Å². The van der Waals surface area contributed by atoms with E-state index in [1.807, 2.05) is 0 Å². The quantitative estimate of drug-likeness (QED) is 0.592. The molecule has 0 heterocycles. The number of hydrogen-bond acceptors (Lipinski definition) is 2. The average Bonchev–Trinajstić information content (AvgIpc) is 1.87. The van der Waals surface area contributed by atoms with Crippen molar-refractivity contribution in [1.82, 2.24) is 8.46 Å². The summed E-state index contributed by atoms with van der Waals surface area (Å²) >= 11 is 0. The minimum Gasteiger partial charge on any atom is -0.335 e.